The lowest BCUT2D eigenvalue weighted by molar-refractivity contribution is -0.143. The number of likely N-dealkylation sites (N-methyl/N-ethyl adjacent to an activating group) is 1. The van der Waals surface area contributed by atoms with E-state index < -0.39 is 6.10 Å². The molecule has 0 saturated carbocycles. The fourth-order valence-electron chi connectivity index (χ4n) is 1.69. The largest absolute Gasteiger partial charge is 0.466 e. The van der Waals surface area contributed by atoms with Crippen molar-refractivity contribution < 1.29 is 19.0 Å². The number of carbonyl (C=O) groups excluding carboxylic acids is 1. The van der Waals surface area contributed by atoms with Crippen LogP contribution in [-0.4, -0.2) is 42.7 Å². The van der Waals surface area contributed by atoms with Gasteiger partial charge in [-0.05, 0) is 31.7 Å². The summed E-state index contributed by atoms with van der Waals surface area (Å²) in [5, 5.41) is 9.97. The molecule has 1 N–H and O–H groups in total. The second kappa shape index (κ2) is 7.86. The quantitative estimate of drug-likeness (QED) is 0.766. The van der Waals surface area contributed by atoms with Crippen LogP contribution in [-0.2, 0) is 9.53 Å². The van der Waals surface area contributed by atoms with Gasteiger partial charge in [-0.15, -0.1) is 0 Å². The Kier molecular flexibility index (Phi) is 6.45. The van der Waals surface area contributed by atoms with Gasteiger partial charge in [-0.3, -0.25) is 4.79 Å². The summed E-state index contributed by atoms with van der Waals surface area (Å²) >= 11 is 0. The number of carbonyl (C=O) groups is 1. The third-order valence-electron chi connectivity index (χ3n) is 2.74. The van der Waals surface area contributed by atoms with E-state index in [0.29, 0.717) is 31.7 Å². The molecular formula is C14H20FNO3. The Hall–Kier alpha value is -1.46. The number of halogens is 1. The molecule has 19 heavy (non-hydrogen) atoms. The smallest absolute Gasteiger partial charge is 0.307 e. The minimum atomic E-state index is -0.701. The summed E-state index contributed by atoms with van der Waals surface area (Å²) in [4.78, 5) is 13.0. The van der Waals surface area contributed by atoms with Gasteiger partial charge in [0.15, 0.2) is 0 Å². The number of benzene rings is 1. The standard InChI is InChI=1S/C14H20FNO3/c1-3-19-14(18)8-9-16(2)10-13(17)11-4-6-12(15)7-5-11/h4-7,13,17H,3,8-10H2,1-2H3. The Bertz CT molecular complexity index is 394. The Morgan fingerprint density at radius 3 is 2.63 bits per heavy atom. The van der Waals surface area contributed by atoms with Crippen LogP contribution < -0.4 is 0 Å². The van der Waals surface area contributed by atoms with Crippen molar-refractivity contribution in [1.29, 1.82) is 0 Å². The fraction of sp³-hybridized carbons (Fsp3) is 0.500. The Balaban J connectivity index is 2.37. The molecule has 0 fully saturated rings. The predicted octanol–water partition coefficient (Wildman–Crippen LogP) is 1.74. The maximum absolute atomic E-state index is 12.8. The average Bonchev–Trinajstić information content (AvgIpc) is 2.37. The molecule has 0 bridgehead atoms. The first-order valence-corrected chi connectivity index (χ1v) is 6.30. The van der Waals surface area contributed by atoms with Crippen LogP contribution in [0.2, 0.25) is 0 Å². The van der Waals surface area contributed by atoms with Crippen molar-refractivity contribution in [3.63, 3.8) is 0 Å². The van der Waals surface area contributed by atoms with Gasteiger partial charge in [0.25, 0.3) is 0 Å². The SMILES string of the molecule is CCOC(=O)CCN(C)CC(O)c1ccc(F)cc1. The number of rotatable bonds is 7. The Morgan fingerprint density at radius 2 is 2.05 bits per heavy atom. The van der Waals surface area contributed by atoms with E-state index in [-0.39, 0.29) is 11.8 Å². The molecule has 106 valence electrons. The van der Waals surface area contributed by atoms with E-state index in [9.17, 15) is 14.3 Å². The van der Waals surface area contributed by atoms with Crippen LogP contribution in [0.1, 0.15) is 25.0 Å². The molecule has 0 amide bonds. The number of ether oxygens (including phenoxy) is 1. The predicted molar refractivity (Wildman–Crippen MR) is 70.1 cm³/mol. The second-order valence-corrected chi connectivity index (χ2v) is 4.38. The minimum absolute atomic E-state index is 0.245. The first-order chi connectivity index (χ1) is 9.02. The molecule has 0 aliphatic carbocycles. The summed E-state index contributed by atoms with van der Waals surface area (Å²) in [7, 11) is 1.81. The first kappa shape index (κ1) is 15.6. The molecule has 0 heterocycles. The van der Waals surface area contributed by atoms with E-state index in [0.717, 1.165) is 0 Å². The molecule has 0 aromatic heterocycles. The van der Waals surface area contributed by atoms with E-state index in [1.54, 1.807) is 19.1 Å². The molecule has 1 aromatic rings. The summed E-state index contributed by atoms with van der Waals surface area (Å²) in [5.41, 5.74) is 0.657. The van der Waals surface area contributed by atoms with Crippen molar-refractivity contribution in [2.45, 2.75) is 19.4 Å². The minimum Gasteiger partial charge on any atom is -0.466 e. The van der Waals surface area contributed by atoms with Crippen LogP contribution in [0, 0.1) is 5.82 Å². The molecule has 0 radical (unpaired) electrons. The molecule has 1 rings (SSSR count). The summed E-state index contributed by atoms with van der Waals surface area (Å²) in [6, 6.07) is 5.74. The third-order valence-corrected chi connectivity index (χ3v) is 2.74. The summed E-state index contributed by atoms with van der Waals surface area (Å²) < 4.78 is 17.6. The van der Waals surface area contributed by atoms with E-state index in [1.165, 1.54) is 12.1 Å². The lowest BCUT2D eigenvalue weighted by Gasteiger charge is -2.20. The van der Waals surface area contributed by atoms with Crippen molar-refractivity contribution in [3.05, 3.63) is 35.6 Å². The number of aliphatic hydroxyl groups excluding tert-OH is 1. The van der Waals surface area contributed by atoms with Crippen LogP contribution in [0.4, 0.5) is 4.39 Å². The van der Waals surface area contributed by atoms with Crippen molar-refractivity contribution >= 4 is 5.97 Å². The summed E-state index contributed by atoms with van der Waals surface area (Å²) in [5.74, 6) is -0.572. The average molecular weight is 269 g/mol. The summed E-state index contributed by atoms with van der Waals surface area (Å²) in [6.07, 6.45) is -0.409. The van der Waals surface area contributed by atoms with Crippen LogP contribution in [0.25, 0.3) is 0 Å². The highest BCUT2D eigenvalue weighted by Crippen LogP contribution is 2.14. The van der Waals surface area contributed by atoms with Gasteiger partial charge in [-0.1, -0.05) is 12.1 Å². The number of hydrogen-bond donors (Lipinski definition) is 1. The van der Waals surface area contributed by atoms with Gasteiger partial charge in [0.2, 0.25) is 0 Å². The van der Waals surface area contributed by atoms with Gasteiger partial charge in [0.05, 0.1) is 19.1 Å². The van der Waals surface area contributed by atoms with Crippen LogP contribution >= 0.6 is 0 Å². The summed E-state index contributed by atoms with van der Waals surface area (Å²) in [6.45, 7) is 3.03. The molecular weight excluding hydrogens is 249 g/mol. The van der Waals surface area contributed by atoms with E-state index in [1.807, 2.05) is 11.9 Å². The van der Waals surface area contributed by atoms with E-state index in [4.69, 9.17) is 4.74 Å². The van der Waals surface area contributed by atoms with E-state index in [2.05, 4.69) is 0 Å². The van der Waals surface area contributed by atoms with Gasteiger partial charge in [-0.2, -0.15) is 0 Å². The number of nitrogens with zero attached hydrogens (tertiary/aromatic N) is 1. The molecule has 1 aromatic carbocycles. The molecule has 4 nitrogen and oxygen atoms in total. The zero-order valence-electron chi connectivity index (χ0n) is 11.3. The zero-order chi connectivity index (χ0) is 14.3. The normalized spacial score (nSPS) is 12.5. The van der Waals surface area contributed by atoms with Gasteiger partial charge >= 0.3 is 5.97 Å². The molecule has 1 atom stereocenters. The number of esters is 1. The maximum atomic E-state index is 12.8. The number of hydrogen-bond acceptors (Lipinski definition) is 4. The molecule has 0 saturated heterocycles. The van der Waals surface area contributed by atoms with Gasteiger partial charge < -0.3 is 14.7 Å². The first-order valence-electron chi connectivity index (χ1n) is 6.30. The Morgan fingerprint density at radius 1 is 1.42 bits per heavy atom. The third kappa shape index (κ3) is 5.81. The van der Waals surface area contributed by atoms with Crippen molar-refractivity contribution in [1.82, 2.24) is 4.90 Å². The fourth-order valence-corrected chi connectivity index (χ4v) is 1.69. The Labute approximate surface area is 112 Å². The molecule has 0 aliphatic heterocycles. The molecule has 5 heteroatoms. The topological polar surface area (TPSA) is 49.8 Å². The molecule has 0 aliphatic rings. The van der Waals surface area contributed by atoms with Crippen LogP contribution in [0.5, 0.6) is 0 Å². The highest BCUT2D eigenvalue weighted by atomic mass is 19.1. The number of aliphatic hydroxyl groups is 1. The maximum Gasteiger partial charge on any atom is 0.307 e. The van der Waals surface area contributed by atoms with Crippen molar-refractivity contribution in [2.75, 3.05) is 26.7 Å². The van der Waals surface area contributed by atoms with Crippen LogP contribution in [0.15, 0.2) is 24.3 Å². The van der Waals surface area contributed by atoms with Gasteiger partial charge in [0, 0.05) is 13.1 Å². The van der Waals surface area contributed by atoms with Crippen LogP contribution in [0.3, 0.4) is 0 Å². The van der Waals surface area contributed by atoms with E-state index >= 15 is 0 Å². The van der Waals surface area contributed by atoms with Gasteiger partial charge in [0.1, 0.15) is 5.82 Å². The van der Waals surface area contributed by atoms with Crippen molar-refractivity contribution in [2.24, 2.45) is 0 Å². The monoisotopic (exact) mass is 269 g/mol. The lowest BCUT2D eigenvalue weighted by atomic mass is 10.1. The highest BCUT2D eigenvalue weighted by Gasteiger charge is 2.12. The lowest BCUT2D eigenvalue weighted by Crippen LogP contribution is -2.27. The molecule has 1 unspecified atom stereocenters. The molecule has 0 spiro atoms. The highest BCUT2D eigenvalue weighted by molar-refractivity contribution is 5.69. The second-order valence-electron chi connectivity index (χ2n) is 4.38. The zero-order valence-corrected chi connectivity index (χ0v) is 11.3. The van der Waals surface area contributed by atoms with Gasteiger partial charge in [-0.25, -0.2) is 4.39 Å². The van der Waals surface area contributed by atoms with Crippen molar-refractivity contribution in [3.8, 4) is 0 Å².